The van der Waals surface area contributed by atoms with E-state index in [0.717, 1.165) is 17.0 Å². The summed E-state index contributed by atoms with van der Waals surface area (Å²) in [5.41, 5.74) is 0.315. The fourth-order valence-corrected chi connectivity index (χ4v) is 3.76. The van der Waals surface area contributed by atoms with Crippen molar-refractivity contribution in [3.8, 4) is 16.5 Å². The van der Waals surface area contributed by atoms with Gasteiger partial charge in [-0.1, -0.05) is 11.2 Å². The van der Waals surface area contributed by atoms with Crippen LogP contribution in [0.2, 0.25) is 0 Å². The molecule has 0 radical (unpaired) electrons. The Kier molecular flexibility index (Phi) is 5.73. The Hall–Kier alpha value is -2.92. The SMILES string of the molecule is O=C(c1ccc(OC(F)(F)F)cc1)N1CCN(Cc2nc(-c3cccs3)no2)CC1. The van der Waals surface area contributed by atoms with Gasteiger partial charge in [-0.05, 0) is 35.7 Å². The number of carbonyl (C=O) groups excluding carboxylic acids is 1. The molecule has 1 aliphatic heterocycles. The molecule has 1 aliphatic rings. The predicted octanol–water partition coefficient (Wildman–Crippen LogP) is 3.65. The second-order valence-corrected chi connectivity index (χ2v) is 7.58. The first-order chi connectivity index (χ1) is 14.4. The van der Waals surface area contributed by atoms with Crippen LogP contribution in [-0.2, 0) is 6.54 Å². The Labute approximate surface area is 173 Å². The summed E-state index contributed by atoms with van der Waals surface area (Å²) in [5.74, 6) is 0.488. The van der Waals surface area contributed by atoms with Gasteiger partial charge in [-0.15, -0.1) is 24.5 Å². The van der Waals surface area contributed by atoms with Gasteiger partial charge < -0.3 is 14.2 Å². The summed E-state index contributed by atoms with van der Waals surface area (Å²) in [4.78, 5) is 21.7. The Balaban J connectivity index is 1.29. The van der Waals surface area contributed by atoms with Gasteiger partial charge >= 0.3 is 6.36 Å². The zero-order chi connectivity index (χ0) is 21.1. The van der Waals surface area contributed by atoms with Crippen molar-refractivity contribution in [3.05, 3.63) is 53.2 Å². The summed E-state index contributed by atoms with van der Waals surface area (Å²) in [7, 11) is 0. The molecule has 1 fully saturated rings. The minimum absolute atomic E-state index is 0.231. The van der Waals surface area contributed by atoms with Crippen molar-refractivity contribution in [1.82, 2.24) is 19.9 Å². The average Bonchev–Trinajstić information content (AvgIpc) is 3.39. The maximum absolute atomic E-state index is 12.6. The Morgan fingerprint density at radius 1 is 1.13 bits per heavy atom. The van der Waals surface area contributed by atoms with E-state index in [9.17, 15) is 18.0 Å². The number of rotatable bonds is 5. The van der Waals surface area contributed by atoms with E-state index < -0.39 is 6.36 Å². The van der Waals surface area contributed by atoms with Crippen LogP contribution in [0.25, 0.3) is 10.7 Å². The second-order valence-electron chi connectivity index (χ2n) is 6.63. The summed E-state index contributed by atoms with van der Waals surface area (Å²) in [6.45, 7) is 2.72. The summed E-state index contributed by atoms with van der Waals surface area (Å²) in [6, 6.07) is 8.78. The van der Waals surface area contributed by atoms with Crippen molar-refractivity contribution in [2.45, 2.75) is 12.9 Å². The molecule has 3 heterocycles. The smallest absolute Gasteiger partial charge is 0.406 e. The van der Waals surface area contributed by atoms with Crippen LogP contribution in [0.3, 0.4) is 0 Å². The first-order valence-electron chi connectivity index (χ1n) is 9.11. The molecule has 1 saturated heterocycles. The summed E-state index contributed by atoms with van der Waals surface area (Å²) in [6.07, 6.45) is -4.76. The molecule has 0 N–H and O–H groups in total. The number of hydrogen-bond acceptors (Lipinski definition) is 7. The van der Waals surface area contributed by atoms with E-state index in [0.29, 0.717) is 50.0 Å². The van der Waals surface area contributed by atoms with Gasteiger partial charge in [0.25, 0.3) is 5.91 Å². The maximum Gasteiger partial charge on any atom is 0.573 e. The largest absolute Gasteiger partial charge is 0.573 e. The standard InChI is InChI=1S/C19H17F3N4O3S/c20-19(21,22)28-14-5-3-13(4-6-14)18(27)26-9-7-25(8-10-26)12-16-23-17(24-29-16)15-2-1-11-30-15/h1-6,11H,7-10,12H2. The van der Waals surface area contributed by atoms with Crippen LogP contribution >= 0.6 is 11.3 Å². The number of alkyl halides is 3. The quantitative estimate of drug-likeness (QED) is 0.606. The number of carbonyl (C=O) groups is 1. The predicted molar refractivity (Wildman–Crippen MR) is 102 cm³/mol. The number of nitrogens with zero attached hydrogens (tertiary/aromatic N) is 4. The molecule has 3 aromatic rings. The Morgan fingerprint density at radius 2 is 1.87 bits per heavy atom. The number of piperazine rings is 1. The minimum atomic E-state index is -4.76. The van der Waals surface area contributed by atoms with Gasteiger partial charge in [0.05, 0.1) is 11.4 Å². The lowest BCUT2D eigenvalue weighted by atomic mass is 10.1. The lowest BCUT2D eigenvalue weighted by molar-refractivity contribution is -0.274. The molecule has 0 aliphatic carbocycles. The van der Waals surface area contributed by atoms with Gasteiger partial charge in [-0.3, -0.25) is 9.69 Å². The van der Waals surface area contributed by atoms with E-state index >= 15 is 0 Å². The molecule has 2 aromatic heterocycles. The van der Waals surface area contributed by atoms with Crippen LogP contribution in [-0.4, -0.2) is 58.4 Å². The van der Waals surface area contributed by atoms with E-state index in [1.54, 1.807) is 4.90 Å². The van der Waals surface area contributed by atoms with Gasteiger partial charge in [0, 0.05) is 31.7 Å². The molecule has 11 heteroatoms. The van der Waals surface area contributed by atoms with E-state index in [1.807, 2.05) is 17.5 Å². The van der Waals surface area contributed by atoms with Crippen molar-refractivity contribution in [1.29, 1.82) is 0 Å². The van der Waals surface area contributed by atoms with Gasteiger partial charge in [0.1, 0.15) is 5.75 Å². The molecule has 0 spiro atoms. The fraction of sp³-hybridized carbons (Fsp3) is 0.316. The molecule has 30 heavy (non-hydrogen) atoms. The summed E-state index contributed by atoms with van der Waals surface area (Å²) in [5, 5.41) is 5.93. The van der Waals surface area contributed by atoms with Crippen LogP contribution in [0.4, 0.5) is 13.2 Å². The zero-order valence-corrected chi connectivity index (χ0v) is 16.4. The molecular formula is C19H17F3N4O3S. The maximum atomic E-state index is 12.6. The molecular weight excluding hydrogens is 421 g/mol. The van der Waals surface area contributed by atoms with E-state index in [1.165, 1.54) is 23.5 Å². The van der Waals surface area contributed by atoms with Crippen LogP contribution in [0.1, 0.15) is 16.2 Å². The minimum Gasteiger partial charge on any atom is -0.406 e. The number of aromatic nitrogens is 2. The Morgan fingerprint density at radius 3 is 2.50 bits per heavy atom. The summed E-state index contributed by atoms with van der Waals surface area (Å²) < 4.78 is 45.9. The summed E-state index contributed by atoms with van der Waals surface area (Å²) >= 11 is 1.53. The highest BCUT2D eigenvalue weighted by Crippen LogP contribution is 2.24. The number of thiophene rings is 1. The molecule has 158 valence electrons. The first kappa shape index (κ1) is 20.4. The monoisotopic (exact) mass is 438 g/mol. The number of ether oxygens (including phenoxy) is 1. The molecule has 1 amide bonds. The lowest BCUT2D eigenvalue weighted by Gasteiger charge is -2.34. The average molecular weight is 438 g/mol. The van der Waals surface area contributed by atoms with Crippen molar-refractivity contribution < 1.29 is 27.2 Å². The zero-order valence-electron chi connectivity index (χ0n) is 15.6. The molecule has 0 atom stereocenters. The molecule has 0 unspecified atom stereocenters. The number of halogens is 3. The fourth-order valence-electron chi connectivity index (χ4n) is 3.11. The highest BCUT2D eigenvalue weighted by atomic mass is 32.1. The normalized spacial score (nSPS) is 15.4. The molecule has 4 rings (SSSR count). The van der Waals surface area contributed by atoms with Crippen molar-refractivity contribution in [2.24, 2.45) is 0 Å². The van der Waals surface area contributed by atoms with Crippen LogP contribution in [0, 0.1) is 0 Å². The topological polar surface area (TPSA) is 71.7 Å². The number of benzene rings is 1. The van der Waals surface area contributed by atoms with Gasteiger partial charge in [0.2, 0.25) is 11.7 Å². The number of amides is 1. The van der Waals surface area contributed by atoms with Crippen LogP contribution in [0.15, 0.2) is 46.3 Å². The molecule has 7 nitrogen and oxygen atoms in total. The van der Waals surface area contributed by atoms with E-state index in [-0.39, 0.29) is 11.7 Å². The molecule has 0 bridgehead atoms. The highest BCUT2D eigenvalue weighted by molar-refractivity contribution is 7.13. The van der Waals surface area contributed by atoms with Crippen molar-refractivity contribution in [3.63, 3.8) is 0 Å². The second kappa shape index (κ2) is 8.44. The Bertz CT molecular complexity index is 981. The van der Waals surface area contributed by atoms with E-state index in [2.05, 4.69) is 19.8 Å². The van der Waals surface area contributed by atoms with Crippen molar-refractivity contribution >= 4 is 17.2 Å². The van der Waals surface area contributed by atoms with Gasteiger partial charge in [0.15, 0.2) is 0 Å². The first-order valence-corrected chi connectivity index (χ1v) is 9.99. The van der Waals surface area contributed by atoms with Crippen LogP contribution < -0.4 is 4.74 Å². The van der Waals surface area contributed by atoms with Crippen LogP contribution in [0.5, 0.6) is 5.75 Å². The third-order valence-corrected chi connectivity index (χ3v) is 5.43. The van der Waals surface area contributed by atoms with Crippen molar-refractivity contribution in [2.75, 3.05) is 26.2 Å². The third-order valence-electron chi connectivity index (χ3n) is 4.56. The van der Waals surface area contributed by atoms with E-state index in [4.69, 9.17) is 4.52 Å². The lowest BCUT2D eigenvalue weighted by Crippen LogP contribution is -2.48. The highest BCUT2D eigenvalue weighted by Gasteiger charge is 2.31. The number of hydrogen-bond donors (Lipinski definition) is 0. The van der Waals surface area contributed by atoms with Gasteiger partial charge in [-0.25, -0.2) is 0 Å². The third kappa shape index (κ3) is 4.97. The molecule has 0 saturated carbocycles. The van der Waals surface area contributed by atoms with Gasteiger partial charge in [-0.2, -0.15) is 4.98 Å². The molecule has 1 aromatic carbocycles.